The van der Waals surface area contributed by atoms with Gasteiger partial charge in [0.1, 0.15) is 0 Å². The fraction of sp³-hybridized carbons (Fsp3) is 0.154. The summed E-state index contributed by atoms with van der Waals surface area (Å²) < 4.78 is 2.40. The number of pyridine rings is 1. The van der Waals surface area contributed by atoms with Gasteiger partial charge in [-0.15, -0.1) is 0 Å². The highest BCUT2D eigenvalue weighted by Gasteiger charge is 2.12. The van der Waals surface area contributed by atoms with Gasteiger partial charge in [0, 0.05) is 25.3 Å². The van der Waals surface area contributed by atoms with E-state index >= 15 is 0 Å². The van der Waals surface area contributed by atoms with Crippen LogP contribution in [0.4, 0.5) is 0 Å². The van der Waals surface area contributed by atoms with Gasteiger partial charge in [0.05, 0.1) is 0 Å². The van der Waals surface area contributed by atoms with E-state index in [4.69, 9.17) is 0 Å². The van der Waals surface area contributed by atoms with Gasteiger partial charge >= 0.3 is 0 Å². The Balaban J connectivity index is 2.20. The maximum Gasteiger partial charge on any atom is 0.0447 e. The molecule has 0 aliphatic carbocycles. The first-order valence-corrected chi connectivity index (χ1v) is 7.93. The average Bonchev–Trinajstić information content (AvgIpc) is 2.33. The lowest BCUT2D eigenvalue weighted by Gasteiger charge is -2.12. The Morgan fingerprint density at radius 2 is 1.88 bits per heavy atom. The third-order valence-electron chi connectivity index (χ3n) is 2.46. The van der Waals surface area contributed by atoms with Gasteiger partial charge in [0.25, 0.3) is 0 Å². The van der Waals surface area contributed by atoms with Crippen molar-refractivity contribution in [1.29, 1.82) is 0 Å². The zero-order valence-corrected chi connectivity index (χ0v) is 14.2. The maximum atomic E-state index is 4.03. The van der Waals surface area contributed by atoms with E-state index in [1.54, 1.807) is 0 Å². The third-order valence-corrected chi connectivity index (χ3v) is 4.67. The lowest BCUT2D eigenvalue weighted by Crippen LogP contribution is -1.97. The molecule has 0 aliphatic heterocycles. The fourth-order valence-corrected chi connectivity index (χ4v) is 3.69. The summed E-state index contributed by atoms with van der Waals surface area (Å²) in [5.74, 6) is 0. The smallest absolute Gasteiger partial charge is 0.0447 e. The molecule has 2 aromatic rings. The van der Waals surface area contributed by atoms with Crippen molar-refractivity contribution in [2.45, 2.75) is 11.2 Å². The fourth-order valence-electron chi connectivity index (χ4n) is 1.59. The second-order valence-corrected chi connectivity index (χ2v) is 6.90. The average molecular weight is 467 g/mol. The molecule has 1 heterocycles. The van der Waals surface area contributed by atoms with Crippen LogP contribution >= 0.6 is 54.5 Å². The van der Waals surface area contributed by atoms with Gasteiger partial charge in [-0.2, -0.15) is 0 Å². The van der Waals surface area contributed by atoms with Crippen LogP contribution in [0.2, 0.25) is 0 Å². The Kier molecular flexibility index (Phi) is 4.99. The van der Waals surface area contributed by atoms with Crippen molar-refractivity contribution in [2.75, 3.05) is 0 Å². The van der Waals surface area contributed by atoms with Crippen LogP contribution in [0.1, 0.15) is 16.0 Å². The van der Waals surface area contributed by atoms with Crippen LogP contribution in [-0.4, -0.2) is 4.98 Å². The standard InChI is InChI=1S/C13H10Br2IN/c14-12-2-1-10(16)8-11(12)13(15)7-9-3-5-17-6-4-9/h1-6,8,13H,7H2. The summed E-state index contributed by atoms with van der Waals surface area (Å²) in [6, 6.07) is 10.5. The number of benzene rings is 1. The molecule has 1 unspecified atom stereocenters. The predicted molar refractivity (Wildman–Crippen MR) is 86.5 cm³/mol. The molecule has 0 aliphatic rings. The molecule has 4 heteroatoms. The van der Waals surface area contributed by atoms with Gasteiger partial charge in [-0.1, -0.05) is 31.9 Å². The van der Waals surface area contributed by atoms with Crippen LogP contribution in [0.5, 0.6) is 0 Å². The first-order chi connectivity index (χ1) is 8.16. The quantitative estimate of drug-likeness (QED) is 0.451. The second kappa shape index (κ2) is 6.29. The Morgan fingerprint density at radius 3 is 2.59 bits per heavy atom. The number of hydrogen-bond acceptors (Lipinski definition) is 1. The summed E-state index contributed by atoms with van der Waals surface area (Å²) in [6.07, 6.45) is 4.62. The normalized spacial score (nSPS) is 12.4. The van der Waals surface area contributed by atoms with Crippen molar-refractivity contribution in [2.24, 2.45) is 0 Å². The minimum Gasteiger partial charge on any atom is -0.265 e. The third kappa shape index (κ3) is 3.76. The zero-order valence-electron chi connectivity index (χ0n) is 8.91. The molecule has 88 valence electrons. The molecule has 0 amide bonds. The number of hydrogen-bond donors (Lipinski definition) is 0. The van der Waals surface area contributed by atoms with E-state index in [0.29, 0.717) is 4.83 Å². The second-order valence-electron chi connectivity index (χ2n) is 3.69. The van der Waals surface area contributed by atoms with Crippen molar-refractivity contribution in [3.8, 4) is 0 Å². The maximum absolute atomic E-state index is 4.03. The molecule has 0 bridgehead atoms. The Bertz CT molecular complexity index is 502. The number of aromatic nitrogens is 1. The highest BCUT2D eigenvalue weighted by Crippen LogP contribution is 2.33. The number of alkyl halides is 1. The largest absolute Gasteiger partial charge is 0.265 e. The van der Waals surface area contributed by atoms with Crippen molar-refractivity contribution >= 4 is 54.5 Å². The molecule has 1 nitrogen and oxygen atoms in total. The summed E-state index contributed by atoms with van der Waals surface area (Å²) >= 11 is 9.69. The van der Waals surface area contributed by atoms with Crippen molar-refractivity contribution in [3.63, 3.8) is 0 Å². The van der Waals surface area contributed by atoms with Crippen molar-refractivity contribution < 1.29 is 0 Å². The molecule has 2 rings (SSSR count). The molecule has 0 fully saturated rings. The van der Waals surface area contributed by atoms with E-state index in [2.05, 4.69) is 89.8 Å². The monoisotopic (exact) mass is 465 g/mol. The Hall–Kier alpha value is 0.0600. The SMILES string of the molecule is Brc1ccc(I)cc1C(Br)Cc1ccncc1. The van der Waals surface area contributed by atoms with E-state index < -0.39 is 0 Å². The molecular weight excluding hydrogens is 457 g/mol. The Labute approximate surface area is 131 Å². The van der Waals surface area contributed by atoms with Gasteiger partial charge in [-0.05, 0) is 70.5 Å². The highest BCUT2D eigenvalue weighted by atomic mass is 127. The van der Waals surface area contributed by atoms with Crippen LogP contribution in [-0.2, 0) is 6.42 Å². The van der Waals surface area contributed by atoms with E-state index in [9.17, 15) is 0 Å². The first-order valence-electron chi connectivity index (χ1n) is 5.15. The van der Waals surface area contributed by atoms with E-state index in [-0.39, 0.29) is 0 Å². The summed E-state index contributed by atoms with van der Waals surface area (Å²) in [4.78, 5) is 4.35. The molecule has 0 spiro atoms. The zero-order chi connectivity index (χ0) is 12.3. The number of nitrogens with zero attached hydrogens (tertiary/aromatic N) is 1. The van der Waals surface area contributed by atoms with Gasteiger partial charge in [-0.25, -0.2) is 0 Å². The minimum absolute atomic E-state index is 0.314. The minimum atomic E-state index is 0.314. The summed E-state index contributed by atoms with van der Waals surface area (Å²) in [5, 5.41) is 0. The predicted octanol–water partition coefficient (Wildman–Crippen LogP) is 5.13. The molecule has 0 N–H and O–H groups in total. The van der Waals surface area contributed by atoms with Gasteiger partial charge in [0.15, 0.2) is 0 Å². The van der Waals surface area contributed by atoms with Crippen molar-refractivity contribution in [3.05, 3.63) is 61.9 Å². The Morgan fingerprint density at radius 1 is 1.18 bits per heavy atom. The summed E-state index contributed by atoms with van der Waals surface area (Å²) in [6.45, 7) is 0. The van der Waals surface area contributed by atoms with Crippen LogP contribution in [0.25, 0.3) is 0 Å². The molecule has 0 saturated carbocycles. The molecule has 17 heavy (non-hydrogen) atoms. The van der Waals surface area contributed by atoms with E-state index in [0.717, 1.165) is 10.9 Å². The van der Waals surface area contributed by atoms with Crippen LogP contribution in [0.15, 0.2) is 47.2 Å². The summed E-state index contributed by atoms with van der Waals surface area (Å²) in [5.41, 5.74) is 2.57. The summed E-state index contributed by atoms with van der Waals surface area (Å²) in [7, 11) is 0. The van der Waals surface area contributed by atoms with Gasteiger partial charge in [-0.3, -0.25) is 4.98 Å². The lowest BCUT2D eigenvalue weighted by molar-refractivity contribution is 0.938. The number of halogens is 3. The van der Waals surface area contributed by atoms with Crippen molar-refractivity contribution in [1.82, 2.24) is 4.98 Å². The van der Waals surface area contributed by atoms with Crippen LogP contribution in [0.3, 0.4) is 0 Å². The van der Waals surface area contributed by atoms with E-state index in [1.165, 1.54) is 14.7 Å². The molecular formula is C13H10Br2IN. The van der Waals surface area contributed by atoms with Gasteiger partial charge in [0.2, 0.25) is 0 Å². The topological polar surface area (TPSA) is 12.9 Å². The highest BCUT2D eigenvalue weighted by molar-refractivity contribution is 14.1. The molecule has 1 aromatic heterocycles. The van der Waals surface area contributed by atoms with E-state index in [1.807, 2.05) is 12.4 Å². The van der Waals surface area contributed by atoms with Crippen LogP contribution in [0, 0.1) is 3.57 Å². The molecule has 0 saturated heterocycles. The molecule has 1 aromatic carbocycles. The first kappa shape index (κ1) is 13.5. The molecule has 0 radical (unpaired) electrons. The van der Waals surface area contributed by atoms with Gasteiger partial charge < -0.3 is 0 Å². The van der Waals surface area contributed by atoms with Crippen LogP contribution < -0.4 is 0 Å². The lowest BCUT2D eigenvalue weighted by atomic mass is 10.1. The number of rotatable bonds is 3. The molecule has 1 atom stereocenters.